The molecule has 1 N–H and O–H groups in total. The van der Waals surface area contributed by atoms with Crippen molar-refractivity contribution in [3.8, 4) is 11.5 Å². The first-order chi connectivity index (χ1) is 10.2. The van der Waals surface area contributed by atoms with Gasteiger partial charge in [0.1, 0.15) is 17.6 Å². The van der Waals surface area contributed by atoms with E-state index in [2.05, 4.69) is 24.4 Å². The summed E-state index contributed by atoms with van der Waals surface area (Å²) in [7, 11) is 3.73. The maximum Gasteiger partial charge on any atom is 0.125 e. The van der Waals surface area contributed by atoms with Gasteiger partial charge in [0.15, 0.2) is 0 Å². The predicted molar refractivity (Wildman–Crippen MR) is 82.1 cm³/mol. The first kappa shape index (κ1) is 14.7. The lowest BCUT2D eigenvalue weighted by Crippen LogP contribution is -2.30. The number of hydrogen-bond acceptors (Lipinski definition) is 4. The second-order valence-corrected chi connectivity index (χ2v) is 6.09. The molecular weight excluding hydrogens is 266 g/mol. The lowest BCUT2D eigenvalue weighted by molar-refractivity contribution is -0.0284. The second kappa shape index (κ2) is 6.24. The van der Waals surface area contributed by atoms with Gasteiger partial charge in [0.05, 0.1) is 13.2 Å². The lowest BCUT2D eigenvalue weighted by Gasteiger charge is -2.33. The van der Waals surface area contributed by atoms with Gasteiger partial charge < -0.3 is 19.5 Å². The molecule has 0 bridgehead atoms. The van der Waals surface area contributed by atoms with Crippen LogP contribution < -0.4 is 14.8 Å². The Kier molecular flexibility index (Phi) is 4.36. The zero-order chi connectivity index (χ0) is 14.8. The zero-order valence-electron chi connectivity index (χ0n) is 13.1. The van der Waals surface area contributed by atoms with Crippen LogP contribution in [0.3, 0.4) is 0 Å². The molecular formula is C17H25NO3. The minimum Gasteiger partial charge on any atom is -0.496 e. The van der Waals surface area contributed by atoms with Crippen molar-refractivity contribution in [2.75, 3.05) is 27.3 Å². The lowest BCUT2D eigenvalue weighted by atomic mass is 9.88. The molecule has 0 aliphatic carbocycles. The van der Waals surface area contributed by atoms with Crippen LogP contribution in [0.2, 0.25) is 0 Å². The first-order valence-electron chi connectivity index (χ1n) is 7.86. The summed E-state index contributed by atoms with van der Waals surface area (Å²) in [6.07, 6.45) is 3.61. The van der Waals surface area contributed by atoms with E-state index in [-0.39, 0.29) is 12.2 Å². The zero-order valence-corrected chi connectivity index (χ0v) is 13.1. The van der Waals surface area contributed by atoms with Crippen molar-refractivity contribution in [1.29, 1.82) is 0 Å². The molecule has 1 aromatic rings. The van der Waals surface area contributed by atoms with Crippen LogP contribution in [0.4, 0.5) is 0 Å². The number of benzene rings is 1. The van der Waals surface area contributed by atoms with Gasteiger partial charge in [-0.05, 0) is 38.9 Å². The van der Waals surface area contributed by atoms with E-state index >= 15 is 0 Å². The highest BCUT2D eigenvalue weighted by Crippen LogP contribution is 2.42. The fourth-order valence-corrected chi connectivity index (χ4v) is 3.51. The number of rotatable bonds is 4. The van der Waals surface area contributed by atoms with Crippen LogP contribution in [0.15, 0.2) is 12.1 Å². The fraction of sp³-hybridized carbons (Fsp3) is 0.647. The summed E-state index contributed by atoms with van der Waals surface area (Å²) in [4.78, 5) is 0. The molecule has 3 unspecified atom stereocenters. The molecule has 0 amide bonds. The highest BCUT2D eigenvalue weighted by Gasteiger charge is 2.31. The highest BCUT2D eigenvalue weighted by atomic mass is 16.5. The molecule has 2 heterocycles. The van der Waals surface area contributed by atoms with Gasteiger partial charge in [0, 0.05) is 36.6 Å². The Balaban J connectivity index is 1.94. The Morgan fingerprint density at radius 1 is 1.38 bits per heavy atom. The normalized spacial score (nSPS) is 28.0. The van der Waals surface area contributed by atoms with Gasteiger partial charge in [-0.2, -0.15) is 0 Å². The third-order valence-corrected chi connectivity index (χ3v) is 4.47. The molecule has 1 aromatic carbocycles. The molecule has 4 nitrogen and oxygen atoms in total. The van der Waals surface area contributed by atoms with E-state index < -0.39 is 0 Å². The Labute approximate surface area is 126 Å². The average Bonchev–Trinajstić information content (AvgIpc) is 2.86. The van der Waals surface area contributed by atoms with Crippen molar-refractivity contribution < 1.29 is 14.2 Å². The van der Waals surface area contributed by atoms with Gasteiger partial charge >= 0.3 is 0 Å². The van der Waals surface area contributed by atoms with Crippen LogP contribution >= 0.6 is 0 Å². The Morgan fingerprint density at radius 3 is 3.00 bits per heavy atom. The molecule has 4 heteroatoms. The van der Waals surface area contributed by atoms with Gasteiger partial charge in [-0.15, -0.1) is 0 Å². The minimum absolute atomic E-state index is 0.0888. The maximum atomic E-state index is 6.08. The summed E-state index contributed by atoms with van der Waals surface area (Å²) in [5, 5.41) is 3.28. The summed E-state index contributed by atoms with van der Waals surface area (Å²) in [6, 6.07) is 4.26. The standard InChI is InChI=1S/C17H25NO3/c1-11-7-13-8-16(19-3)14(9-15(13)21-11)17-12(10-18-2)5-4-6-20-17/h8-9,11-12,17-18H,4-7,10H2,1-3H3. The van der Waals surface area contributed by atoms with Crippen molar-refractivity contribution in [3.05, 3.63) is 23.3 Å². The topological polar surface area (TPSA) is 39.7 Å². The Hall–Kier alpha value is -1.26. The number of nitrogens with one attached hydrogen (secondary N) is 1. The summed E-state index contributed by atoms with van der Waals surface area (Å²) in [6.45, 7) is 3.89. The third kappa shape index (κ3) is 2.87. The molecule has 3 rings (SSSR count). The van der Waals surface area contributed by atoms with Crippen molar-refractivity contribution in [3.63, 3.8) is 0 Å². The van der Waals surface area contributed by atoms with Gasteiger partial charge in [0.2, 0.25) is 0 Å². The van der Waals surface area contributed by atoms with Gasteiger partial charge in [-0.3, -0.25) is 0 Å². The molecule has 3 atom stereocenters. The molecule has 2 aliphatic rings. The quantitative estimate of drug-likeness (QED) is 0.926. The van der Waals surface area contributed by atoms with E-state index in [4.69, 9.17) is 14.2 Å². The molecule has 21 heavy (non-hydrogen) atoms. The van der Waals surface area contributed by atoms with E-state index in [0.717, 1.165) is 43.1 Å². The van der Waals surface area contributed by atoms with Crippen LogP contribution in [0, 0.1) is 5.92 Å². The molecule has 2 aliphatic heterocycles. The molecule has 0 saturated carbocycles. The Bertz CT molecular complexity index is 501. The molecule has 1 fully saturated rings. The summed E-state index contributed by atoms with van der Waals surface area (Å²) >= 11 is 0. The largest absolute Gasteiger partial charge is 0.496 e. The van der Waals surface area contributed by atoms with Crippen LogP contribution in [-0.2, 0) is 11.2 Å². The van der Waals surface area contributed by atoms with Crippen molar-refractivity contribution >= 4 is 0 Å². The van der Waals surface area contributed by atoms with Crippen molar-refractivity contribution in [1.82, 2.24) is 5.32 Å². The van der Waals surface area contributed by atoms with Crippen LogP contribution in [0.1, 0.15) is 37.0 Å². The van der Waals surface area contributed by atoms with E-state index in [9.17, 15) is 0 Å². The van der Waals surface area contributed by atoms with E-state index in [1.54, 1.807) is 7.11 Å². The van der Waals surface area contributed by atoms with E-state index in [0.29, 0.717) is 5.92 Å². The molecule has 0 radical (unpaired) electrons. The summed E-state index contributed by atoms with van der Waals surface area (Å²) in [5.41, 5.74) is 2.37. The summed E-state index contributed by atoms with van der Waals surface area (Å²) in [5.74, 6) is 2.41. The molecule has 0 spiro atoms. The van der Waals surface area contributed by atoms with E-state index in [1.165, 1.54) is 12.0 Å². The van der Waals surface area contributed by atoms with Gasteiger partial charge in [-0.1, -0.05) is 0 Å². The van der Waals surface area contributed by atoms with Crippen LogP contribution in [0.25, 0.3) is 0 Å². The number of fused-ring (bicyclic) bond motifs is 1. The molecule has 1 saturated heterocycles. The molecule has 0 aromatic heterocycles. The Morgan fingerprint density at radius 2 is 2.24 bits per heavy atom. The highest BCUT2D eigenvalue weighted by molar-refractivity contribution is 5.49. The number of hydrogen-bond donors (Lipinski definition) is 1. The second-order valence-electron chi connectivity index (χ2n) is 6.09. The third-order valence-electron chi connectivity index (χ3n) is 4.47. The predicted octanol–water partition coefficient (Wildman–Crippen LogP) is 2.71. The average molecular weight is 291 g/mol. The van der Waals surface area contributed by atoms with Crippen LogP contribution in [0.5, 0.6) is 11.5 Å². The van der Waals surface area contributed by atoms with E-state index in [1.807, 2.05) is 7.05 Å². The van der Waals surface area contributed by atoms with Gasteiger partial charge in [0.25, 0.3) is 0 Å². The molecule has 116 valence electrons. The fourth-order valence-electron chi connectivity index (χ4n) is 3.51. The van der Waals surface area contributed by atoms with Crippen LogP contribution in [-0.4, -0.2) is 33.4 Å². The summed E-state index contributed by atoms with van der Waals surface area (Å²) < 4.78 is 17.6. The van der Waals surface area contributed by atoms with Gasteiger partial charge in [-0.25, -0.2) is 0 Å². The maximum absolute atomic E-state index is 6.08. The monoisotopic (exact) mass is 291 g/mol. The van der Waals surface area contributed by atoms with Crippen molar-refractivity contribution in [2.24, 2.45) is 5.92 Å². The minimum atomic E-state index is 0.0888. The first-order valence-corrected chi connectivity index (χ1v) is 7.86. The smallest absolute Gasteiger partial charge is 0.125 e. The number of methoxy groups -OCH3 is 1. The van der Waals surface area contributed by atoms with Crippen molar-refractivity contribution in [2.45, 2.75) is 38.4 Å². The number of ether oxygens (including phenoxy) is 3. The SMILES string of the molecule is CNCC1CCCOC1c1cc2c(cc1OC)CC(C)O2.